The summed E-state index contributed by atoms with van der Waals surface area (Å²) in [5.41, 5.74) is 1.03. The van der Waals surface area contributed by atoms with Gasteiger partial charge in [0.05, 0.1) is 20.3 Å². The molecule has 0 N–H and O–H groups in total. The number of Topliss-reactive ketones (excluding diaryl/α,β-unsaturated/α-hetero) is 1. The largest absolute Gasteiger partial charge is 0.497 e. The van der Waals surface area contributed by atoms with Crippen LogP contribution in [-0.4, -0.2) is 26.1 Å². The molecule has 0 fully saturated rings. The maximum absolute atomic E-state index is 12.7. The molecule has 0 unspecified atom stereocenters. The van der Waals surface area contributed by atoms with Crippen LogP contribution in [0.5, 0.6) is 17.2 Å². The number of rotatable bonds is 7. The zero-order chi connectivity index (χ0) is 19.1. The first-order valence-electron chi connectivity index (χ1n) is 8.14. The summed E-state index contributed by atoms with van der Waals surface area (Å²) in [6.45, 7) is 3.79. The Morgan fingerprint density at radius 2 is 1.77 bits per heavy atom. The van der Waals surface area contributed by atoms with Crippen LogP contribution in [0.3, 0.4) is 0 Å². The smallest absolute Gasteiger partial charge is 0.203 e. The molecule has 0 saturated carbocycles. The van der Waals surface area contributed by atoms with Crippen LogP contribution in [-0.2, 0) is 0 Å². The molecule has 0 saturated heterocycles. The normalized spacial score (nSPS) is 11.0. The molecule has 2 aromatic rings. The molecule has 0 aliphatic heterocycles. The van der Waals surface area contributed by atoms with Crippen LogP contribution in [0.2, 0.25) is 0 Å². The average Bonchev–Trinajstić information content (AvgIpc) is 2.66. The molecule has 2 rings (SSSR count). The lowest BCUT2D eigenvalue weighted by Gasteiger charge is -2.16. The number of para-hydroxylation sites is 1. The van der Waals surface area contributed by atoms with Crippen LogP contribution in [0.4, 0.5) is 0 Å². The zero-order valence-corrected chi connectivity index (χ0v) is 15.3. The van der Waals surface area contributed by atoms with E-state index in [-0.39, 0.29) is 17.5 Å². The van der Waals surface area contributed by atoms with Crippen LogP contribution >= 0.6 is 0 Å². The lowest BCUT2D eigenvalue weighted by atomic mass is 10.0. The monoisotopic (exact) mass is 351 g/mol. The highest BCUT2D eigenvalue weighted by molar-refractivity contribution is 6.14. The summed E-state index contributed by atoms with van der Waals surface area (Å²) < 4.78 is 16.2. The van der Waals surface area contributed by atoms with Crippen molar-refractivity contribution in [1.82, 2.24) is 0 Å². The second kappa shape index (κ2) is 8.72. The van der Waals surface area contributed by atoms with E-state index in [1.54, 1.807) is 56.7 Å². The molecule has 0 aliphatic rings. The van der Waals surface area contributed by atoms with Gasteiger partial charge in [0.1, 0.15) is 17.4 Å². The molecule has 0 aromatic heterocycles. The average molecular weight is 351 g/mol. The molecule has 0 atom stereocenters. The third-order valence-corrected chi connectivity index (χ3v) is 3.60. The van der Waals surface area contributed by atoms with E-state index in [0.717, 1.165) is 0 Å². The minimum atomic E-state index is -0.367. The van der Waals surface area contributed by atoms with Crippen LogP contribution in [0.1, 0.15) is 29.8 Å². The molecule has 0 aliphatic carbocycles. The number of ether oxygens (including phenoxy) is 3. The van der Waals surface area contributed by atoms with E-state index in [1.807, 2.05) is 19.9 Å². The van der Waals surface area contributed by atoms with Gasteiger partial charge >= 0.3 is 0 Å². The van der Waals surface area contributed by atoms with Gasteiger partial charge in [0, 0.05) is 11.1 Å². The third-order valence-electron chi connectivity index (χ3n) is 3.60. The van der Waals surface area contributed by atoms with Crippen molar-refractivity contribution in [3.63, 3.8) is 0 Å². The molecule has 5 heteroatoms. The highest BCUT2D eigenvalue weighted by Gasteiger charge is 2.16. The van der Waals surface area contributed by atoms with E-state index in [4.69, 9.17) is 14.2 Å². The Bertz CT molecular complexity index is 845. The fourth-order valence-corrected chi connectivity index (χ4v) is 2.37. The summed E-state index contributed by atoms with van der Waals surface area (Å²) >= 11 is 0. The second-order valence-corrected chi connectivity index (χ2v) is 5.77. The van der Waals surface area contributed by atoms with Crippen LogP contribution in [0.25, 0.3) is 6.08 Å². The Morgan fingerprint density at radius 1 is 1.08 bits per heavy atom. The molecule has 0 bridgehead atoms. The van der Waals surface area contributed by atoms with Crippen LogP contribution in [0.15, 0.2) is 48.0 Å². The number of benzene rings is 2. The Morgan fingerprint density at radius 3 is 2.31 bits per heavy atom. The molecular weight excluding hydrogens is 330 g/mol. The SMILES string of the molecule is COc1ccc(C(=O)/C(C#N)=C/c2cccc(OC)c2OC(C)C)cc1. The van der Waals surface area contributed by atoms with E-state index >= 15 is 0 Å². The van der Waals surface area contributed by atoms with Gasteiger partial charge in [-0.3, -0.25) is 4.79 Å². The predicted molar refractivity (Wildman–Crippen MR) is 99.7 cm³/mol. The molecule has 0 spiro atoms. The maximum atomic E-state index is 12.7. The van der Waals surface area contributed by atoms with Crippen LogP contribution in [0, 0.1) is 11.3 Å². The highest BCUT2D eigenvalue weighted by Crippen LogP contribution is 2.33. The summed E-state index contributed by atoms with van der Waals surface area (Å²) in [5.74, 6) is 1.32. The Kier molecular flexibility index (Phi) is 6.40. The standard InChI is InChI=1S/C21H21NO4/c1-14(2)26-21-16(6-5-7-19(21)25-4)12-17(13-22)20(23)15-8-10-18(24-3)11-9-15/h5-12,14H,1-4H3/b17-12+. The zero-order valence-electron chi connectivity index (χ0n) is 15.3. The van der Waals surface area contributed by atoms with E-state index in [2.05, 4.69) is 0 Å². The summed E-state index contributed by atoms with van der Waals surface area (Å²) in [5, 5.41) is 9.48. The maximum Gasteiger partial charge on any atom is 0.203 e. The van der Waals surface area contributed by atoms with Gasteiger partial charge in [-0.2, -0.15) is 5.26 Å². The van der Waals surface area contributed by atoms with Gasteiger partial charge in [0.15, 0.2) is 11.5 Å². The van der Waals surface area contributed by atoms with Gasteiger partial charge in [0.2, 0.25) is 5.78 Å². The number of nitriles is 1. The molecule has 0 radical (unpaired) electrons. The molecule has 0 amide bonds. The van der Waals surface area contributed by atoms with E-state index in [1.165, 1.54) is 6.08 Å². The Hall–Kier alpha value is -3.26. The minimum Gasteiger partial charge on any atom is -0.497 e. The lowest BCUT2D eigenvalue weighted by molar-refractivity contribution is 0.104. The van der Waals surface area contributed by atoms with Crippen molar-refractivity contribution in [3.05, 3.63) is 59.2 Å². The summed E-state index contributed by atoms with van der Waals surface area (Å²) in [4.78, 5) is 12.7. The van der Waals surface area contributed by atoms with E-state index in [9.17, 15) is 10.1 Å². The van der Waals surface area contributed by atoms with E-state index in [0.29, 0.717) is 28.4 Å². The van der Waals surface area contributed by atoms with Crippen molar-refractivity contribution in [2.75, 3.05) is 14.2 Å². The van der Waals surface area contributed by atoms with Gasteiger partial charge < -0.3 is 14.2 Å². The molecule has 26 heavy (non-hydrogen) atoms. The lowest BCUT2D eigenvalue weighted by Crippen LogP contribution is -2.08. The number of methoxy groups -OCH3 is 2. The second-order valence-electron chi connectivity index (χ2n) is 5.77. The van der Waals surface area contributed by atoms with Gasteiger partial charge in [0.25, 0.3) is 0 Å². The first kappa shape index (κ1) is 19.1. The van der Waals surface area contributed by atoms with Crippen molar-refractivity contribution in [3.8, 4) is 23.3 Å². The predicted octanol–water partition coefficient (Wildman–Crippen LogP) is 4.28. The molecule has 0 heterocycles. The van der Waals surface area contributed by atoms with Gasteiger partial charge in [-0.25, -0.2) is 0 Å². The molecular formula is C21H21NO4. The minimum absolute atomic E-state index is 0.0111. The Balaban J connectivity index is 2.44. The van der Waals surface area contributed by atoms with Gasteiger partial charge in [-0.1, -0.05) is 12.1 Å². The number of allylic oxidation sites excluding steroid dienone is 1. The molecule has 2 aromatic carbocycles. The van der Waals surface area contributed by atoms with Crippen molar-refractivity contribution in [2.24, 2.45) is 0 Å². The van der Waals surface area contributed by atoms with Gasteiger partial charge in [-0.15, -0.1) is 0 Å². The molecule has 5 nitrogen and oxygen atoms in total. The van der Waals surface area contributed by atoms with Crippen molar-refractivity contribution in [2.45, 2.75) is 20.0 Å². The first-order valence-corrected chi connectivity index (χ1v) is 8.14. The number of nitrogens with zero attached hydrogens (tertiary/aromatic N) is 1. The Labute approximate surface area is 153 Å². The highest BCUT2D eigenvalue weighted by atomic mass is 16.5. The summed E-state index contributed by atoms with van der Waals surface area (Å²) in [6.07, 6.45) is 1.44. The number of ketones is 1. The number of hydrogen-bond acceptors (Lipinski definition) is 5. The van der Waals surface area contributed by atoms with Gasteiger partial charge in [-0.05, 0) is 50.3 Å². The quantitative estimate of drug-likeness (QED) is 0.423. The summed E-state index contributed by atoms with van der Waals surface area (Å²) in [7, 11) is 3.10. The van der Waals surface area contributed by atoms with Crippen molar-refractivity contribution < 1.29 is 19.0 Å². The van der Waals surface area contributed by atoms with Crippen molar-refractivity contribution >= 4 is 11.9 Å². The first-order chi connectivity index (χ1) is 12.5. The fraction of sp³-hybridized carbons (Fsp3) is 0.238. The number of carbonyl (C=O) groups excluding carboxylic acids is 1. The van der Waals surface area contributed by atoms with Crippen LogP contribution < -0.4 is 14.2 Å². The number of carbonyl (C=O) groups is 1. The third kappa shape index (κ3) is 4.42. The molecule has 134 valence electrons. The number of hydrogen-bond donors (Lipinski definition) is 0. The van der Waals surface area contributed by atoms with E-state index < -0.39 is 0 Å². The van der Waals surface area contributed by atoms with Crippen molar-refractivity contribution in [1.29, 1.82) is 5.26 Å². The fourth-order valence-electron chi connectivity index (χ4n) is 2.37. The topological polar surface area (TPSA) is 68.6 Å². The summed E-state index contributed by atoms with van der Waals surface area (Å²) in [6, 6.07) is 13.9.